The van der Waals surface area contributed by atoms with Crippen LogP contribution in [0.4, 0.5) is 51.2 Å². The van der Waals surface area contributed by atoms with Crippen LogP contribution in [-0.4, -0.2) is 11.3 Å². The van der Waals surface area contributed by atoms with Gasteiger partial charge in [-0.1, -0.05) is 142 Å². The number of anilines is 9. The van der Waals surface area contributed by atoms with Crippen molar-refractivity contribution in [2.45, 2.75) is 26.2 Å². The Labute approximate surface area is 369 Å². The summed E-state index contributed by atoms with van der Waals surface area (Å²) < 4.78 is 2.46. The van der Waals surface area contributed by atoms with Gasteiger partial charge in [0, 0.05) is 62.0 Å². The van der Waals surface area contributed by atoms with Gasteiger partial charge in [0.15, 0.2) is 0 Å². The largest absolute Gasteiger partial charge is 0.311 e. The van der Waals surface area contributed by atoms with Gasteiger partial charge in [0.1, 0.15) is 0 Å². The monoisotopic (exact) mass is 808 g/mol. The fourth-order valence-corrected chi connectivity index (χ4v) is 10.3. The summed E-state index contributed by atoms with van der Waals surface area (Å²) in [5.41, 5.74) is 19.0. The van der Waals surface area contributed by atoms with Gasteiger partial charge in [0.25, 0.3) is 6.71 Å². The number of fused-ring (bicyclic) bond motifs is 8. The van der Waals surface area contributed by atoms with Crippen molar-refractivity contribution in [2.75, 3.05) is 14.7 Å². The predicted octanol–water partition coefficient (Wildman–Crippen LogP) is 13.6. The third-order valence-corrected chi connectivity index (χ3v) is 13.1. The molecule has 5 heteroatoms. The molecule has 0 saturated heterocycles. The molecule has 1 aromatic heterocycles. The molecule has 0 fully saturated rings. The van der Waals surface area contributed by atoms with Crippen molar-refractivity contribution < 1.29 is 0 Å². The van der Waals surface area contributed by atoms with E-state index in [1.54, 1.807) is 0 Å². The van der Waals surface area contributed by atoms with Gasteiger partial charge in [-0.05, 0) is 124 Å². The maximum absolute atomic E-state index is 2.54. The molecule has 0 radical (unpaired) electrons. The predicted molar refractivity (Wildman–Crippen MR) is 268 cm³/mol. The van der Waals surface area contributed by atoms with Gasteiger partial charge in [0.2, 0.25) is 0 Å². The molecule has 0 bridgehead atoms. The van der Waals surface area contributed by atoms with Gasteiger partial charge in [-0.3, -0.25) is 0 Å². The maximum Gasteiger partial charge on any atom is 0.253 e. The molecule has 2 aliphatic heterocycles. The topological polar surface area (TPSA) is 14.7 Å². The van der Waals surface area contributed by atoms with Gasteiger partial charge < -0.3 is 19.3 Å². The summed E-state index contributed by atoms with van der Waals surface area (Å²) in [7, 11) is 0. The lowest BCUT2D eigenvalue weighted by atomic mass is 9.33. The SMILES string of the molecule is CC(C)(C)c1ccc2c(c1)N(c1ccccc1)c1cc(N(c3ccccc3)c3ccccc3)cc3c1B2c1c(ccc2c1c1ccccc1n2-c1ccccc1)N3c1ccccc1. The van der Waals surface area contributed by atoms with Crippen LogP contribution in [0.5, 0.6) is 0 Å². The van der Waals surface area contributed by atoms with Crippen molar-refractivity contribution in [3.63, 3.8) is 0 Å². The van der Waals surface area contributed by atoms with Crippen molar-refractivity contribution in [1.82, 2.24) is 4.57 Å². The zero-order chi connectivity index (χ0) is 42.2. The molecule has 4 nitrogen and oxygen atoms in total. The second-order valence-corrected chi connectivity index (χ2v) is 17.8. The van der Waals surface area contributed by atoms with Gasteiger partial charge >= 0.3 is 0 Å². The summed E-state index contributed by atoms with van der Waals surface area (Å²) in [4.78, 5) is 7.48. The van der Waals surface area contributed by atoms with Crippen LogP contribution in [0.15, 0.2) is 218 Å². The highest BCUT2D eigenvalue weighted by Crippen LogP contribution is 2.49. The molecule has 9 aromatic carbocycles. The van der Waals surface area contributed by atoms with Crippen molar-refractivity contribution in [3.05, 3.63) is 224 Å². The average Bonchev–Trinajstić information content (AvgIpc) is 3.67. The second kappa shape index (κ2) is 14.4. The molecule has 0 unspecified atom stereocenters. The Hall–Kier alpha value is -7.76. The zero-order valence-corrected chi connectivity index (χ0v) is 35.7. The fraction of sp³-hybridized carbons (Fsp3) is 0.0690. The smallest absolute Gasteiger partial charge is 0.253 e. The number of rotatable bonds is 6. The Morgan fingerprint density at radius 3 is 1.48 bits per heavy atom. The molecule has 0 saturated carbocycles. The molecule has 3 heterocycles. The summed E-state index contributed by atoms with van der Waals surface area (Å²) in [5.74, 6) is 0. The normalized spacial score (nSPS) is 12.9. The average molecular weight is 809 g/mol. The van der Waals surface area contributed by atoms with E-state index in [1.165, 1.54) is 66.5 Å². The number of para-hydroxylation sites is 6. The van der Waals surface area contributed by atoms with Gasteiger partial charge in [0.05, 0.1) is 16.7 Å². The summed E-state index contributed by atoms with van der Waals surface area (Å²) in [6.45, 7) is 6.88. The Morgan fingerprint density at radius 1 is 0.397 bits per heavy atom. The van der Waals surface area contributed by atoms with Crippen LogP contribution in [0.2, 0.25) is 0 Å². The van der Waals surface area contributed by atoms with E-state index in [0.29, 0.717) is 0 Å². The van der Waals surface area contributed by atoms with Crippen molar-refractivity contribution in [1.29, 1.82) is 0 Å². The summed E-state index contributed by atoms with van der Waals surface area (Å²) in [5, 5.41) is 2.54. The number of nitrogens with zero attached hydrogens (tertiary/aromatic N) is 4. The summed E-state index contributed by atoms with van der Waals surface area (Å²) in [6.07, 6.45) is 0. The number of benzene rings is 9. The lowest BCUT2D eigenvalue weighted by Gasteiger charge is -2.45. The van der Waals surface area contributed by atoms with Crippen LogP contribution in [0, 0.1) is 0 Å². The van der Waals surface area contributed by atoms with Crippen LogP contribution in [-0.2, 0) is 5.41 Å². The highest BCUT2D eigenvalue weighted by Gasteiger charge is 2.45. The van der Waals surface area contributed by atoms with Crippen LogP contribution < -0.4 is 31.1 Å². The van der Waals surface area contributed by atoms with Gasteiger partial charge in [-0.15, -0.1) is 0 Å². The molecule has 0 amide bonds. The minimum absolute atomic E-state index is 0.0625. The third kappa shape index (κ3) is 5.84. The first kappa shape index (κ1) is 37.0. The molecule has 0 atom stereocenters. The van der Waals surface area contributed by atoms with Crippen molar-refractivity contribution in [3.8, 4) is 5.69 Å². The standard InChI is InChI=1S/C58H45BN4/c1-58(2,3)40-33-34-48-52(37-40)63(45-29-17-8-18-30-45)54-39-46(60(41-21-9-4-10-22-41)42-23-11-5-12-24-42)38-53-56(54)59(48)57-51(62(53)44-27-15-7-16-28-44)36-35-50-55(57)47-31-19-20-32-49(47)61(50)43-25-13-6-14-26-43/h4-39H,1-3H3. The molecule has 0 N–H and O–H groups in total. The zero-order valence-electron chi connectivity index (χ0n) is 35.7. The third-order valence-electron chi connectivity index (χ3n) is 13.1. The van der Waals surface area contributed by atoms with E-state index in [4.69, 9.17) is 0 Å². The summed E-state index contributed by atoms with van der Waals surface area (Å²) >= 11 is 0. The van der Waals surface area contributed by atoms with Crippen LogP contribution in [0.3, 0.4) is 0 Å². The van der Waals surface area contributed by atoms with E-state index >= 15 is 0 Å². The molecular formula is C58H45BN4. The van der Waals surface area contributed by atoms with Crippen LogP contribution in [0.1, 0.15) is 26.3 Å². The van der Waals surface area contributed by atoms with E-state index in [9.17, 15) is 0 Å². The van der Waals surface area contributed by atoms with Crippen LogP contribution in [0.25, 0.3) is 27.5 Å². The van der Waals surface area contributed by atoms with Crippen molar-refractivity contribution in [2.24, 2.45) is 0 Å². The highest BCUT2D eigenvalue weighted by atomic mass is 15.2. The Morgan fingerprint density at radius 2 is 0.905 bits per heavy atom. The van der Waals surface area contributed by atoms with E-state index in [1.807, 2.05) is 0 Å². The number of aromatic nitrogens is 1. The van der Waals surface area contributed by atoms with Gasteiger partial charge in [-0.25, -0.2) is 0 Å². The van der Waals surface area contributed by atoms with Gasteiger partial charge in [-0.2, -0.15) is 0 Å². The minimum atomic E-state index is -0.0800. The van der Waals surface area contributed by atoms with Crippen LogP contribution >= 0.6 is 0 Å². The first-order chi connectivity index (χ1) is 30.9. The quantitative estimate of drug-likeness (QED) is 0.156. The first-order valence-electron chi connectivity index (χ1n) is 22.0. The molecule has 12 rings (SSSR count). The van der Waals surface area contributed by atoms with E-state index in [0.717, 1.165) is 34.1 Å². The van der Waals surface area contributed by atoms with E-state index < -0.39 is 0 Å². The minimum Gasteiger partial charge on any atom is -0.311 e. The molecule has 0 aliphatic carbocycles. The summed E-state index contributed by atoms with van der Waals surface area (Å²) in [6, 6.07) is 80.2. The van der Waals surface area contributed by atoms with Crippen molar-refractivity contribution >= 4 is 96.1 Å². The Kier molecular flexibility index (Phi) is 8.48. The lowest BCUT2D eigenvalue weighted by molar-refractivity contribution is 0.590. The Balaban J connectivity index is 1.26. The molecular weight excluding hydrogens is 763 g/mol. The molecule has 0 spiro atoms. The maximum atomic E-state index is 2.54. The molecule has 300 valence electrons. The number of hydrogen-bond acceptors (Lipinski definition) is 3. The molecule has 63 heavy (non-hydrogen) atoms. The fourth-order valence-electron chi connectivity index (χ4n) is 10.3. The number of hydrogen-bond donors (Lipinski definition) is 0. The van der Waals surface area contributed by atoms with E-state index in [-0.39, 0.29) is 12.1 Å². The van der Waals surface area contributed by atoms with E-state index in [2.05, 4.69) is 258 Å². The first-order valence-corrected chi connectivity index (χ1v) is 22.0. The molecule has 2 aliphatic rings. The highest BCUT2D eigenvalue weighted by molar-refractivity contribution is 7.02. The Bertz CT molecular complexity index is 3280. The lowest BCUT2D eigenvalue weighted by Crippen LogP contribution is -2.61. The second-order valence-electron chi connectivity index (χ2n) is 17.8. The molecule has 10 aromatic rings.